The molecular weight excluding hydrogens is 414 g/mol. The molecule has 1 unspecified atom stereocenters. The van der Waals surface area contributed by atoms with Crippen LogP contribution in [0.4, 0.5) is 0 Å². The molecule has 4 aromatic rings. The van der Waals surface area contributed by atoms with Gasteiger partial charge < -0.3 is 9.47 Å². The standard InChI is InChI=1S/C26H23N5O2/c1-2-8-21(20(7-1)16-26-28-30-31-29-26)17-32-23-9-5-10-24(15-14-23)33-18-22-13-12-19-6-3-4-11-25(19)27-22/h1-15,23H,16-18H2,(H,28,29,30,31). The summed E-state index contributed by atoms with van der Waals surface area (Å²) in [5, 5.41) is 15.3. The minimum atomic E-state index is -0.153. The van der Waals surface area contributed by atoms with Gasteiger partial charge in [0.1, 0.15) is 12.4 Å². The Hall–Kier alpha value is -4.10. The number of H-pyrrole nitrogens is 1. The van der Waals surface area contributed by atoms with Crippen LogP contribution in [0.3, 0.4) is 0 Å². The van der Waals surface area contributed by atoms with Gasteiger partial charge >= 0.3 is 0 Å². The number of allylic oxidation sites excluding steroid dienone is 3. The highest BCUT2D eigenvalue weighted by atomic mass is 16.5. The molecule has 0 amide bonds. The molecule has 0 radical (unpaired) electrons. The largest absolute Gasteiger partial charge is 0.487 e. The lowest BCUT2D eigenvalue weighted by molar-refractivity contribution is 0.101. The highest BCUT2D eigenvalue weighted by Gasteiger charge is 2.10. The van der Waals surface area contributed by atoms with Crippen LogP contribution in [-0.4, -0.2) is 31.7 Å². The second kappa shape index (κ2) is 10.0. The molecule has 1 atom stereocenters. The maximum atomic E-state index is 6.13. The van der Waals surface area contributed by atoms with E-state index in [1.807, 2.05) is 66.8 Å². The van der Waals surface area contributed by atoms with Gasteiger partial charge in [-0.1, -0.05) is 65.9 Å². The van der Waals surface area contributed by atoms with Crippen LogP contribution in [0.15, 0.2) is 96.8 Å². The summed E-state index contributed by atoms with van der Waals surface area (Å²) >= 11 is 0. The van der Waals surface area contributed by atoms with Crippen LogP contribution in [0.1, 0.15) is 22.6 Å². The van der Waals surface area contributed by atoms with Crippen LogP contribution in [0, 0.1) is 0 Å². The first-order chi connectivity index (χ1) is 16.3. The fraction of sp³-hybridized carbons (Fsp3) is 0.154. The van der Waals surface area contributed by atoms with Crippen molar-refractivity contribution in [3.63, 3.8) is 0 Å². The Kier molecular flexibility index (Phi) is 6.31. The van der Waals surface area contributed by atoms with Gasteiger partial charge in [-0.15, -0.1) is 10.2 Å². The fourth-order valence-corrected chi connectivity index (χ4v) is 3.61. The molecular formula is C26H23N5O2. The number of tetrazole rings is 1. The van der Waals surface area contributed by atoms with Crippen molar-refractivity contribution in [2.75, 3.05) is 0 Å². The zero-order valence-electron chi connectivity index (χ0n) is 18.0. The van der Waals surface area contributed by atoms with E-state index in [0.717, 1.165) is 33.5 Å². The zero-order chi connectivity index (χ0) is 22.3. The van der Waals surface area contributed by atoms with Gasteiger partial charge in [-0.2, -0.15) is 5.21 Å². The quantitative estimate of drug-likeness (QED) is 0.438. The molecule has 0 bridgehead atoms. The van der Waals surface area contributed by atoms with Gasteiger partial charge in [-0.3, -0.25) is 0 Å². The minimum Gasteiger partial charge on any atom is -0.487 e. The third-order valence-electron chi connectivity index (χ3n) is 5.34. The summed E-state index contributed by atoms with van der Waals surface area (Å²) < 4.78 is 12.1. The number of fused-ring (bicyclic) bond motifs is 1. The fourth-order valence-electron chi connectivity index (χ4n) is 3.61. The molecule has 1 aliphatic rings. The van der Waals surface area contributed by atoms with E-state index in [-0.39, 0.29) is 6.10 Å². The normalized spacial score (nSPS) is 15.4. The van der Waals surface area contributed by atoms with Crippen molar-refractivity contribution >= 4 is 10.9 Å². The monoisotopic (exact) mass is 437 g/mol. The van der Waals surface area contributed by atoms with E-state index in [9.17, 15) is 0 Å². The van der Waals surface area contributed by atoms with Crippen LogP contribution in [-0.2, 0) is 29.1 Å². The summed E-state index contributed by atoms with van der Waals surface area (Å²) in [5.74, 6) is 1.42. The Morgan fingerprint density at radius 2 is 1.76 bits per heavy atom. The van der Waals surface area contributed by atoms with Crippen molar-refractivity contribution in [3.8, 4) is 0 Å². The summed E-state index contributed by atoms with van der Waals surface area (Å²) in [6, 6.07) is 20.3. The van der Waals surface area contributed by atoms with Gasteiger partial charge in [-0.25, -0.2) is 4.98 Å². The van der Waals surface area contributed by atoms with Crippen molar-refractivity contribution in [3.05, 3.63) is 119 Å². The molecule has 0 aliphatic heterocycles. The maximum absolute atomic E-state index is 6.13. The van der Waals surface area contributed by atoms with Gasteiger partial charge in [0.25, 0.3) is 0 Å². The Labute approximate surface area is 191 Å². The molecule has 7 heteroatoms. The van der Waals surface area contributed by atoms with Crippen LogP contribution < -0.4 is 0 Å². The summed E-state index contributed by atoms with van der Waals surface area (Å²) in [6.07, 6.45) is 10.3. The van der Waals surface area contributed by atoms with E-state index >= 15 is 0 Å². The molecule has 0 saturated carbocycles. The molecule has 5 rings (SSSR count). The number of hydrogen-bond donors (Lipinski definition) is 1. The molecule has 7 nitrogen and oxygen atoms in total. The van der Waals surface area contributed by atoms with Gasteiger partial charge in [-0.05, 0) is 41.5 Å². The van der Waals surface area contributed by atoms with Gasteiger partial charge in [0.2, 0.25) is 0 Å². The molecule has 0 saturated heterocycles. The predicted molar refractivity (Wildman–Crippen MR) is 125 cm³/mol. The first-order valence-electron chi connectivity index (χ1n) is 10.8. The van der Waals surface area contributed by atoms with Crippen molar-refractivity contribution in [1.82, 2.24) is 25.6 Å². The van der Waals surface area contributed by atoms with Crippen LogP contribution in [0.2, 0.25) is 0 Å². The van der Waals surface area contributed by atoms with E-state index in [2.05, 4.69) is 49.9 Å². The van der Waals surface area contributed by atoms with Gasteiger partial charge in [0, 0.05) is 11.8 Å². The average Bonchev–Trinajstić information content (AvgIpc) is 3.26. The maximum Gasteiger partial charge on any atom is 0.178 e. The van der Waals surface area contributed by atoms with Gasteiger partial charge in [0.05, 0.1) is 23.9 Å². The number of pyridine rings is 1. The highest BCUT2D eigenvalue weighted by molar-refractivity contribution is 5.78. The smallest absolute Gasteiger partial charge is 0.178 e. The van der Waals surface area contributed by atoms with Crippen LogP contribution in [0.5, 0.6) is 0 Å². The summed E-state index contributed by atoms with van der Waals surface area (Å²) in [6.45, 7) is 0.883. The number of rotatable bonds is 8. The number of ether oxygens (including phenoxy) is 2. The Morgan fingerprint density at radius 3 is 2.67 bits per heavy atom. The Morgan fingerprint density at radius 1 is 0.879 bits per heavy atom. The molecule has 1 aliphatic carbocycles. The number of aromatic nitrogens is 5. The molecule has 0 spiro atoms. The summed E-state index contributed by atoms with van der Waals surface area (Å²) in [4.78, 5) is 4.66. The summed E-state index contributed by atoms with van der Waals surface area (Å²) in [5.41, 5.74) is 4.07. The van der Waals surface area contributed by atoms with Crippen molar-refractivity contribution < 1.29 is 9.47 Å². The number of aromatic amines is 1. The minimum absolute atomic E-state index is 0.153. The number of nitrogens with zero attached hydrogens (tertiary/aromatic N) is 4. The third-order valence-corrected chi connectivity index (χ3v) is 5.34. The second-order valence-corrected chi connectivity index (χ2v) is 7.65. The molecule has 2 aromatic heterocycles. The van der Waals surface area contributed by atoms with Crippen molar-refractivity contribution in [2.45, 2.75) is 25.7 Å². The molecule has 164 valence electrons. The molecule has 0 fully saturated rings. The lowest BCUT2D eigenvalue weighted by Crippen LogP contribution is -2.08. The van der Waals surface area contributed by atoms with E-state index in [1.54, 1.807) is 0 Å². The van der Waals surface area contributed by atoms with E-state index < -0.39 is 0 Å². The Balaban J connectivity index is 1.17. The predicted octanol–water partition coefficient (Wildman–Crippen LogP) is 4.45. The average molecular weight is 438 g/mol. The second-order valence-electron chi connectivity index (χ2n) is 7.65. The third kappa shape index (κ3) is 5.39. The number of hydrogen-bond acceptors (Lipinski definition) is 6. The molecule has 2 aromatic carbocycles. The summed E-state index contributed by atoms with van der Waals surface area (Å²) in [7, 11) is 0. The number of benzene rings is 2. The van der Waals surface area contributed by atoms with Crippen LogP contribution >= 0.6 is 0 Å². The van der Waals surface area contributed by atoms with Crippen LogP contribution in [0.25, 0.3) is 10.9 Å². The van der Waals surface area contributed by atoms with Crippen molar-refractivity contribution in [2.24, 2.45) is 0 Å². The first-order valence-corrected chi connectivity index (χ1v) is 10.8. The topological polar surface area (TPSA) is 85.8 Å². The number of para-hydroxylation sites is 1. The van der Waals surface area contributed by atoms with E-state index in [4.69, 9.17) is 9.47 Å². The zero-order valence-corrected chi connectivity index (χ0v) is 18.0. The van der Waals surface area contributed by atoms with E-state index in [0.29, 0.717) is 25.5 Å². The lowest BCUT2D eigenvalue weighted by Gasteiger charge is -2.12. The Bertz CT molecular complexity index is 1310. The van der Waals surface area contributed by atoms with Gasteiger partial charge in [0.15, 0.2) is 5.82 Å². The first kappa shape index (κ1) is 20.8. The van der Waals surface area contributed by atoms with E-state index in [1.165, 1.54) is 0 Å². The van der Waals surface area contributed by atoms with Crippen molar-refractivity contribution in [1.29, 1.82) is 0 Å². The lowest BCUT2D eigenvalue weighted by atomic mass is 10.0. The molecule has 2 heterocycles. The molecule has 1 N–H and O–H groups in total. The number of nitrogens with one attached hydrogen (secondary N) is 1. The highest BCUT2D eigenvalue weighted by Crippen LogP contribution is 2.17. The molecule has 33 heavy (non-hydrogen) atoms. The SMILES string of the molecule is C1=CC(OCc2ccccc2Cc2nn[nH]n2)C=CC(OCc2ccc3ccccc3n2)=C1.